The zero-order valence-corrected chi connectivity index (χ0v) is 9.17. The van der Waals surface area contributed by atoms with Crippen molar-refractivity contribution in [3.05, 3.63) is 47.3 Å². The van der Waals surface area contributed by atoms with Crippen molar-refractivity contribution in [3.63, 3.8) is 0 Å². The average molecular weight is 217 g/mol. The first kappa shape index (κ1) is 9.93. The van der Waals surface area contributed by atoms with Gasteiger partial charge < -0.3 is 5.32 Å². The van der Waals surface area contributed by atoms with E-state index in [0.717, 1.165) is 5.56 Å². The fraction of sp³-hybridized carbons (Fsp3) is 0.0833. The molecule has 1 aromatic carbocycles. The maximum absolute atomic E-state index is 11.3. The molecular formula is C12H11NOS. The van der Waals surface area contributed by atoms with Crippen LogP contribution in [0.25, 0.3) is 10.4 Å². The van der Waals surface area contributed by atoms with Gasteiger partial charge in [0.25, 0.3) is 5.91 Å². The summed E-state index contributed by atoms with van der Waals surface area (Å²) in [4.78, 5) is 12.5. The SMILES string of the molecule is CNC(=O)c1ccc(-c2cccs2)cc1. The Labute approximate surface area is 92.6 Å². The standard InChI is InChI=1S/C12H11NOS/c1-13-12(14)10-6-4-9(5-7-10)11-3-2-8-15-11/h2-8H,1H3,(H,13,14). The summed E-state index contributed by atoms with van der Waals surface area (Å²) in [5.74, 6) is -0.0484. The molecule has 2 aromatic rings. The van der Waals surface area contributed by atoms with Crippen LogP contribution in [0, 0.1) is 0 Å². The molecule has 1 heterocycles. The predicted octanol–water partition coefficient (Wildman–Crippen LogP) is 2.77. The lowest BCUT2D eigenvalue weighted by atomic mass is 10.1. The summed E-state index contributed by atoms with van der Waals surface area (Å²) in [5.41, 5.74) is 1.84. The summed E-state index contributed by atoms with van der Waals surface area (Å²) in [6.07, 6.45) is 0. The van der Waals surface area contributed by atoms with Crippen LogP contribution in [0.3, 0.4) is 0 Å². The lowest BCUT2D eigenvalue weighted by Gasteiger charge is -2.01. The van der Waals surface area contributed by atoms with Crippen LogP contribution in [0.1, 0.15) is 10.4 Å². The van der Waals surface area contributed by atoms with Gasteiger partial charge in [-0.05, 0) is 29.1 Å². The maximum atomic E-state index is 11.3. The summed E-state index contributed by atoms with van der Waals surface area (Å²) in [7, 11) is 1.63. The highest BCUT2D eigenvalue weighted by molar-refractivity contribution is 7.13. The van der Waals surface area contributed by atoms with E-state index in [0.29, 0.717) is 5.56 Å². The molecule has 0 unspecified atom stereocenters. The Hall–Kier alpha value is -1.61. The van der Waals surface area contributed by atoms with Crippen LogP contribution in [0.4, 0.5) is 0 Å². The van der Waals surface area contributed by atoms with E-state index in [1.54, 1.807) is 18.4 Å². The van der Waals surface area contributed by atoms with Crippen LogP contribution in [-0.2, 0) is 0 Å². The zero-order valence-electron chi connectivity index (χ0n) is 8.36. The van der Waals surface area contributed by atoms with Crippen molar-refractivity contribution in [2.45, 2.75) is 0 Å². The maximum Gasteiger partial charge on any atom is 0.251 e. The first-order chi connectivity index (χ1) is 7.31. The first-order valence-corrected chi connectivity index (χ1v) is 5.55. The summed E-state index contributed by atoms with van der Waals surface area (Å²) in [6.45, 7) is 0. The first-order valence-electron chi connectivity index (χ1n) is 4.67. The van der Waals surface area contributed by atoms with Crippen LogP contribution in [0.15, 0.2) is 41.8 Å². The minimum atomic E-state index is -0.0484. The van der Waals surface area contributed by atoms with E-state index in [9.17, 15) is 4.79 Å². The van der Waals surface area contributed by atoms with Crippen molar-refractivity contribution in [2.24, 2.45) is 0 Å². The number of hydrogen-bond acceptors (Lipinski definition) is 2. The van der Waals surface area contributed by atoms with Crippen molar-refractivity contribution in [2.75, 3.05) is 7.05 Å². The third-order valence-corrected chi connectivity index (χ3v) is 3.10. The van der Waals surface area contributed by atoms with Gasteiger partial charge in [0.1, 0.15) is 0 Å². The highest BCUT2D eigenvalue weighted by atomic mass is 32.1. The molecule has 1 aromatic heterocycles. The molecule has 0 bridgehead atoms. The number of carbonyl (C=O) groups excluding carboxylic acids is 1. The van der Waals surface area contributed by atoms with Gasteiger partial charge >= 0.3 is 0 Å². The number of nitrogens with one attached hydrogen (secondary N) is 1. The minimum absolute atomic E-state index is 0.0484. The second-order valence-corrected chi connectivity index (χ2v) is 4.08. The molecule has 1 amide bonds. The van der Waals surface area contributed by atoms with E-state index in [-0.39, 0.29) is 5.91 Å². The highest BCUT2D eigenvalue weighted by Crippen LogP contribution is 2.24. The normalized spacial score (nSPS) is 9.93. The molecule has 3 heteroatoms. The van der Waals surface area contributed by atoms with Crippen LogP contribution in [0.2, 0.25) is 0 Å². The molecule has 0 saturated heterocycles. The molecule has 1 N–H and O–H groups in total. The molecule has 0 spiro atoms. The smallest absolute Gasteiger partial charge is 0.251 e. The molecular weight excluding hydrogens is 206 g/mol. The van der Waals surface area contributed by atoms with Gasteiger partial charge in [0.05, 0.1) is 0 Å². The van der Waals surface area contributed by atoms with E-state index >= 15 is 0 Å². The van der Waals surface area contributed by atoms with Gasteiger partial charge in [-0.15, -0.1) is 11.3 Å². The number of benzene rings is 1. The van der Waals surface area contributed by atoms with E-state index in [1.165, 1.54) is 4.88 Å². The molecule has 0 fully saturated rings. The fourth-order valence-corrected chi connectivity index (χ4v) is 2.11. The van der Waals surface area contributed by atoms with Crippen LogP contribution in [0.5, 0.6) is 0 Å². The molecule has 2 nitrogen and oxygen atoms in total. The van der Waals surface area contributed by atoms with Crippen molar-refractivity contribution in [1.82, 2.24) is 5.32 Å². The van der Waals surface area contributed by atoms with Crippen molar-refractivity contribution in [3.8, 4) is 10.4 Å². The summed E-state index contributed by atoms with van der Waals surface area (Å²) in [5, 5.41) is 4.64. The predicted molar refractivity (Wildman–Crippen MR) is 63.1 cm³/mol. The Kier molecular flexibility index (Phi) is 2.83. The second-order valence-electron chi connectivity index (χ2n) is 3.13. The van der Waals surface area contributed by atoms with Crippen molar-refractivity contribution in [1.29, 1.82) is 0 Å². The Morgan fingerprint density at radius 2 is 1.93 bits per heavy atom. The van der Waals surface area contributed by atoms with Crippen molar-refractivity contribution >= 4 is 17.2 Å². The molecule has 2 rings (SSSR count). The lowest BCUT2D eigenvalue weighted by Crippen LogP contribution is -2.17. The molecule has 0 radical (unpaired) electrons. The van der Waals surface area contributed by atoms with E-state index in [4.69, 9.17) is 0 Å². The number of amides is 1. The quantitative estimate of drug-likeness (QED) is 0.823. The highest BCUT2D eigenvalue weighted by Gasteiger charge is 2.03. The molecule has 0 aliphatic heterocycles. The topological polar surface area (TPSA) is 29.1 Å². The van der Waals surface area contributed by atoms with E-state index in [2.05, 4.69) is 11.4 Å². The monoisotopic (exact) mass is 217 g/mol. The number of thiophene rings is 1. The van der Waals surface area contributed by atoms with Gasteiger partial charge in [0.15, 0.2) is 0 Å². The van der Waals surface area contributed by atoms with Gasteiger partial charge in [0, 0.05) is 17.5 Å². The zero-order chi connectivity index (χ0) is 10.7. The van der Waals surface area contributed by atoms with Crippen LogP contribution < -0.4 is 5.32 Å². The third kappa shape index (κ3) is 2.07. The van der Waals surface area contributed by atoms with Gasteiger partial charge in [-0.1, -0.05) is 18.2 Å². The van der Waals surface area contributed by atoms with E-state index < -0.39 is 0 Å². The molecule has 0 saturated carbocycles. The lowest BCUT2D eigenvalue weighted by molar-refractivity contribution is 0.0963. The molecule has 0 aliphatic carbocycles. The Balaban J connectivity index is 2.29. The Morgan fingerprint density at radius 3 is 2.47 bits per heavy atom. The molecule has 0 atom stereocenters. The fourth-order valence-electron chi connectivity index (χ4n) is 1.37. The Morgan fingerprint density at radius 1 is 1.20 bits per heavy atom. The number of hydrogen-bond donors (Lipinski definition) is 1. The molecule has 0 aliphatic rings. The van der Waals surface area contributed by atoms with Crippen LogP contribution >= 0.6 is 11.3 Å². The van der Waals surface area contributed by atoms with Gasteiger partial charge in [-0.25, -0.2) is 0 Å². The number of carbonyl (C=O) groups is 1. The van der Waals surface area contributed by atoms with Gasteiger partial charge in [0.2, 0.25) is 0 Å². The average Bonchev–Trinajstić information content (AvgIpc) is 2.82. The van der Waals surface area contributed by atoms with Crippen LogP contribution in [-0.4, -0.2) is 13.0 Å². The molecule has 76 valence electrons. The Bertz CT molecular complexity index is 445. The summed E-state index contributed by atoms with van der Waals surface area (Å²) >= 11 is 1.70. The van der Waals surface area contributed by atoms with E-state index in [1.807, 2.05) is 35.7 Å². The minimum Gasteiger partial charge on any atom is -0.355 e. The summed E-state index contributed by atoms with van der Waals surface area (Å²) < 4.78 is 0. The second kappa shape index (κ2) is 4.28. The van der Waals surface area contributed by atoms with Gasteiger partial charge in [-0.2, -0.15) is 0 Å². The largest absolute Gasteiger partial charge is 0.355 e. The van der Waals surface area contributed by atoms with Crippen molar-refractivity contribution < 1.29 is 4.79 Å². The molecule has 15 heavy (non-hydrogen) atoms. The summed E-state index contributed by atoms with van der Waals surface area (Å²) in [6, 6.07) is 11.7. The third-order valence-electron chi connectivity index (χ3n) is 2.18. The van der Waals surface area contributed by atoms with Gasteiger partial charge in [-0.3, -0.25) is 4.79 Å². The number of rotatable bonds is 2.